The average molecular weight is 743 g/mol. The Hall–Kier alpha value is -5.15. The number of hydrogen-bond acceptors (Lipinski definition) is 3. The van der Waals surface area contributed by atoms with Crippen LogP contribution in [0.2, 0.25) is 0 Å². The molecular formula is C40H26IrN2O-2. The maximum absolute atomic E-state index is 6.21. The van der Waals surface area contributed by atoms with Crippen LogP contribution in [0.3, 0.4) is 0 Å². The Morgan fingerprint density at radius 1 is 0.477 bits per heavy atom. The first kappa shape index (κ1) is 28.9. The second-order valence-electron chi connectivity index (χ2n) is 10.1. The molecule has 1 radical (unpaired) electrons. The zero-order chi connectivity index (χ0) is 28.8. The molecule has 0 N–H and O–H groups in total. The van der Waals surface area contributed by atoms with Crippen molar-refractivity contribution in [1.82, 2.24) is 9.97 Å². The second-order valence-corrected chi connectivity index (χ2v) is 10.1. The molecule has 3 aromatic heterocycles. The van der Waals surface area contributed by atoms with Crippen molar-refractivity contribution < 1.29 is 24.5 Å². The van der Waals surface area contributed by atoms with Crippen LogP contribution in [0.25, 0.3) is 66.7 Å². The van der Waals surface area contributed by atoms with E-state index in [1.54, 1.807) is 6.20 Å². The Labute approximate surface area is 270 Å². The van der Waals surface area contributed by atoms with Gasteiger partial charge in [0.2, 0.25) is 0 Å². The van der Waals surface area contributed by atoms with Crippen LogP contribution < -0.4 is 0 Å². The normalized spacial score (nSPS) is 10.5. The molecule has 0 aliphatic rings. The SMILES string of the molecule is [Ir].[c-]1ccc(-c2ccc(-c3cccc4c3oc3ccccc34)cc2)cc1-c1ccccn1.[c-]1ccccc1-c1ccccn1. The van der Waals surface area contributed by atoms with Gasteiger partial charge in [-0.15, -0.1) is 71.3 Å². The van der Waals surface area contributed by atoms with E-state index in [-0.39, 0.29) is 20.1 Å². The summed E-state index contributed by atoms with van der Waals surface area (Å²) in [5.41, 5.74) is 10.3. The molecule has 4 heteroatoms. The molecule has 8 rings (SSSR count). The van der Waals surface area contributed by atoms with E-state index in [4.69, 9.17) is 4.42 Å². The zero-order valence-corrected chi connectivity index (χ0v) is 26.0. The van der Waals surface area contributed by atoms with Crippen molar-refractivity contribution in [2.45, 2.75) is 0 Å². The molecule has 0 aliphatic carbocycles. The molecule has 0 spiro atoms. The fourth-order valence-corrected chi connectivity index (χ4v) is 5.21. The maximum atomic E-state index is 6.21. The summed E-state index contributed by atoms with van der Waals surface area (Å²) < 4.78 is 6.21. The molecule has 44 heavy (non-hydrogen) atoms. The number of aromatic nitrogens is 2. The molecule has 3 heterocycles. The minimum atomic E-state index is 0. The van der Waals surface area contributed by atoms with Crippen LogP contribution in [0.15, 0.2) is 162 Å². The quantitative estimate of drug-likeness (QED) is 0.169. The first-order chi connectivity index (χ1) is 21.3. The van der Waals surface area contributed by atoms with E-state index in [9.17, 15) is 0 Å². The third-order valence-electron chi connectivity index (χ3n) is 7.33. The molecule has 5 aromatic carbocycles. The number of benzene rings is 5. The van der Waals surface area contributed by atoms with Gasteiger partial charge >= 0.3 is 0 Å². The Morgan fingerprint density at radius 3 is 1.86 bits per heavy atom. The maximum Gasteiger partial charge on any atom is 0.143 e. The fraction of sp³-hybridized carbons (Fsp3) is 0. The van der Waals surface area contributed by atoms with Crippen LogP contribution in [0.1, 0.15) is 0 Å². The number of hydrogen-bond donors (Lipinski definition) is 0. The summed E-state index contributed by atoms with van der Waals surface area (Å²) in [4.78, 5) is 8.66. The van der Waals surface area contributed by atoms with Gasteiger partial charge in [-0.05, 0) is 40.7 Å². The fourth-order valence-electron chi connectivity index (χ4n) is 5.21. The smallest absolute Gasteiger partial charge is 0.143 e. The predicted octanol–water partition coefficient (Wildman–Crippen LogP) is 10.3. The van der Waals surface area contributed by atoms with Gasteiger partial charge in [0, 0.05) is 48.8 Å². The molecule has 0 saturated carbocycles. The molecule has 0 amide bonds. The summed E-state index contributed by atoms with van der Waals surface area (Å²) in [6.45, 7) is 0. The third-order valence-corrected chi connectivity index (χ3v) is 7.33. The Kier molecular flexibility index (Phi) is 8.84. The van der Waals surface area contributed by atoms with Gasteiger partial charge in [0.25, 0.3) is 0 Å². The number of fused-ring (bicyclic) bond motifs is 3. The van der Waals surface area contributed by atoms with Crippen molar-refractivity contribution in [2.24, 2.45) is 0 Å². The van der Waals surface area contributed by atoms with Gasteiger partial charge in [-0.2, -0.15) is 0 Å². The van der Waals surface area contributed by atoms with E-state index < -0.39 is 0 Å². The standard InChI is InChI=1S/C29H18NO.C11H8N.Ir/c1-2-13-28-25(9-1)26-11-6-10-24(29(26)31-28)21-16-14-20(15-17-21)22-7-5-8-23(19-22)27-12-3-4-18-30-27;1-2-6-10(7-3-1)11-8-4-5-9-12-11;/h1-7,9-19H;1-6,8-9H;/q2*-1;. The van der Waals surface area contributed by atoms with E-state index in [0.717, 1.165) is 66.7 Å². The van der Waals surface area contributed by atoms with E-state index in [0.29, 0.717) is 0 Å². The number of nitrogens with zero attached hydrogens (tertiary/aromatic N) is 2. The molecular weight excluding hydrogens is 717 g/mol. The van der Waals surface area contributed by atoms with E-state index in [1.165, 1.54) is 0 Å². The van der Waals surface area contributed by atoms with Crippen LogP contribution in [-0.2, 0) is 20.1 Å². The minimum absolute atomic E-state index is 0. The van der Waals surface area contributed by atoms with Crippen LogP contribution in [0, 0.1) is 12.1 Å². The molecule has 0 unspecified atom stereocenters. The summed E-state index contributed by atoms with van der Waals surface area (Å²) in [7, 11) is 0. The van der Waals surface area contributed by atoms with Crippen molar-refractivity contribution in [2.75, 3.05) is 0 Å². The summed E-state index contributed by atoms with van der Waals surface area (Å²) >= 11 is 0. The van der Waals surface area contributed by atoms with Crippen LogP contribution in [-0.4, -0.2) is 9.97 Å². The van der Waals surface area contributed by atoms with Gasteiger partial charge in [0.15, 0.2) is 0 Å². The van der Waals surface area contributed by atoms with Gasteiger partial charge in [-0.3, -0.25) is 0 Å². The van der Waals surface area contributed by atoms with Crippen molar-refractivity contribution in [3.05, 3.63) is 170 Å². The van der Waals surface area contributed by atoms with E-state index >= 15 is 0 Å². The Balaban J connectivity index is 0.000000222. The predicted molar refractivity (Wildman–Crippen MR) is 175 cm³/mol. The molecule has 0 saturated heterocycles. The molecule has 0 fully saturated rings. The Bertz CT molecular complexity index is 2070. The van der Waals surface area contributed by atoms with E-state index in [1.807, 2.05) is 85.1 Å². The van der Waals surface area contributed by atoms with Gasteiger partial charge in [-0.25, -0.2) is 0 Å². The van der Waals surface area contributed by atoms with E-state index in [2.05, 4.69) is 88.8 Å². The van der Waals surface area contributed by atoms with Crippen LogP contribution >= 0.6 is 0 Å². The van der Waals surface area contributed by atoms with Crippen molar-refractivity contribution >= 4 is 21.9 Å². The second kappa shape index (κ2) is 13.4. The molecule has 3 nitrogen and oxygen atoms in total. The van der Waals surface area contributed by atoms with Crippen LogP contribution in [0.4, 0.5) is 0 Å². The number of pyridine rings is 2. The molecule has 0 aliphatic heterocycles. The average Bonchev–Trinajstić information content (AvgIpc) is 3.49. The van der Waals surface area contributed by atoms with Gasteiger partial charge in [0.05, 0.1) is 0 Å². The number of para-hydroxylation sites is 2. The summed E-state index contributed by atoms with van der Waals surface area (Å²) in [6, 6.07) is 55.4. The molecule has 213 valence electrons. The summed E-state index contributed by atoms with van der Waals surface area (Å²) in [5.74, 6) is 0. The third kappa shape index (κ3) is 6.14. The zero-order valence-electron chi connectivity index (χ0n) is 23.6. The molecule has 8 aromatic rings. The molecule has 0 atom stereocenters. The van der Waals surface area contributed by atoms with Gasteiger partial charge in [0.1, 0.15) is 11.2 Å². The van der Waals surface area contributed by atoms with Crippen molar-refractivity contribution in [3.8, 4) is 44.8 Å². The number of furan rings is 1. The monoisotopic (exact) mass is 743 g/mol. The largest absolute Gasteiger partial charge is 0.455 e. The first-order valence-electron chi connectivity index (χ1n) is 14.2. The number of rotatable bonds is 4. The van der Waals surface area contributed by atoms with Crippen LogP contribution in [0.5, 0.6) is 0 Å². The molecule has 0 bridgehead atoms. The summed E-state index contributed by atoms with van der Waals surface area (Å²) in [5, 5.41) is 2.30. The Morgan fingerprint density at radius 2 is 1.14 bits per heavy atom. The summed E-state index contributed by atoms with van der Waals surface area (Å²) in [6.07, 6.45) is 3.60. The topological polar surface area (TPSA) is 38.9 Å². The van der Waals surface area contributed by atoms with Crippen molar-refractivity contribution in [1.29, 1.82) is 0 Å². The van der Waals surface area contributed by atoms with Gasteiger partial charge in [-0.1, -0.05) is 84.9 Å². The van der Waals surface area contributed by atoms with Gasteiger partial charge < -0.3 is 14.4 Å². The minimum Gasteiger partial charge on any atom is -0.455 e. The van der Waals surface area contributed by atoms with Crippen molar-refractivity contribution in [3.63, 3.8) is 0 Å². The first-order valence-corrected chi connectivity index (χ1v) is 14.2.